The minimum atomic E-state index is -0.512. The van der Waals surface area contributed by atoms with Gasteiger partial charge < -0.3 is 19.5 Å². The molecule has 2 aromatic rings. The van der Waals surface area contributed by atoms with Crippen molar-refractivity contribution in [1.29, 1.82) is 0 Å². The van der Waals surface area contributed by atoms with E-state index >= 15 is 0 Å². The maximum atomic E-state index is 14.3. The normalized spacial score (nSPS) is 11.3. The van der Waals surface area contributed by atoms with Crippen LogP contribution < -0.4 is 10.1 Å². The van der Waals surface area contributed by atoms with Crippen LogP contribution in [-0.2, 0) is 20.9 Å². The maximum Gasteiger partial charge on any atom is 0.341 e. The summed E-state index contributed by atoms with van der Waals surface area (Å²) in [4.78, 5) is 12.1. The fraction of sp³-hybridized carbons (Fsp3) is 0.348. The summed E-state index contributed by atoms with van der Waals surface area (Å²) in [6.07, 6.45) is 2.30. The van der Waals surface area contributed by atoms with Gasteiger partial charge in [0, 0.05) is 12.6 Å². The van der Waals surface area contributed by atoms with E-state index < -0.39 is 5.97 Å². The van der Waals surface area contributed by atoms with Gasteiger partial charge in [-0.15, -0.1) is 0 Å². The van der Waals surface area contributed by atoms with E-state index in [2.05, 4.69) is 19.2 Å². The second kappa shape index (κ2) is 11.1. The quantitative estimate of drug-likeness (QED) is 0.344. The number of ether oxygens (including phenoxy) is 3. The first-order valence-corrected chi connectivity index (χ1v) is 9.52. The van der Waals surface area contributed by atoms with Crippen molar-refractivity contribution in [2.75, 3.05) is 26.1 Å². The van der Waals surface area contributed by atoms with Crippen LogP contribution in [0.5, 0.6) is 5.75 Å². The average Bonchev–Trinajstić information content (AvgIpc) is 2.71. The molecule has 0 unspecified atom stereocenters. The van der Waals surface area contributed by atoms with Crippen molar-refractivity contribution in [3.05, 3.63) is 65.7 Å². The lowest BCUT2D eigenvalue weighted by molar-refractivity contribution is -0.133. The number of anilines is 1. The number of esters is 1. The lowest BCUT2D eigenvalue weighted by Crippen LogP contribution is -2.08. The topological polar surface area (TPSA) is 56.8 Å². The maximum absolute atomic E-state index is 14.3. The van der Waals surface area contributed by atoms with E-state index in [-0.39, 0.29) is 18.0 Å². The number of hydrogen-bond acceptors (Lipinski definition) is 5. The van der Waals surface area contributed by atoms with Crippen LogP contribution in [0.3, 0.4) is 0 Å². The van der Waals surface area contributed by atoms with Crippen molar-refractivity contribution in [3.63, 3.8) is 0 Å². The summed E-state index contributed by atoms with van der Waals surface area (Å²) in [7, 11) is 2.77. The van der Waals surface area contributed by atoms with Crippen LogP contribution >= 0.6 is 0 Å². The Morgan fingerprint density at radius 3 is 2.59 bits per heavy atom. The third-order valence-electron chi connectivity index (χ3n) is 4.32. The molecule has 0 heterocycles. The summed E-state index contributed by atoms with van der Waals surface area (Å²) in [6, 6.07) is 12.0. The number of rotatable bonds is 10. The molecular weight excluding hydrogens is 373 g/mol. The first-order chi connectivity index (χ1) is 14.0. The van der Waals surface area contributed by atoms with Crippen LogP contribution in [-0.4, -0.2) is 26.7 Å². The van der Waals surface area contributed by atoms with Crippen LogP contribution in [0.25, 0.3) is 5.57 Å². The number of halogens is 1. The van der Waals surface area contributed by atoms with E-state index in [1.54, 1.807) is 18.2 Å². The standard InChI is InChI=1S/C23H28FNO4/c1-16(2)11-12-25-22-10-9-18(13-21(22)24)29-14-17-7-5-6-8-19(17)20(15-27-3)23(26)28-4/h5-10,13,15-16,25H,11-12,14H2,1-4H3/b20-15+. The molecule has 0 aliphatic rings. The summed E-state index contributed by atoms with van der Waals surface area (Å²) in [5, 5.41) is 3.10. The zero-order chi connectivity index (χ0) is 21.2. The SMILES string of the molecule is CO/C=C(/C(=O)OC)c1ccccc1COc1ccc(NCCC(C)C)c(F)c1. The Hall–Kier alpha value is -3.02. The molecule has 0 fully saturated rings. The molecule has 156 valence electrons. The molecule has 0 atom stereocenters. The van der Waals surface area contributed by atoms with Gasteiger partial charge in [0.2, 0.25) is 0 Å². The van der Waals surface area contributed by atoms with E-state index in [1.807, 2.05) is 18.2 Å². The molecule has 2 aromatic carbocycles. The lowest BCUT2D eigenvalue weighted by Gasteiger charge is -2.14. The molecule has 5 nitrogen and oxygen atoms in total. The summed E-state index contributed by atoms with van der Waals surface area (Å²) >= 11 is 0. The summed E-state index contributed by atoms with van der Waals surface area (Å²) in [5.74, 6) is 0.0774. The van der Waals surface area contributed by atoms with Crippen LogP contribution in [0, 0.1) is 11.7 Å². The average molecular weight is 401 g/mol. The van der Waals surface area contributed by atoms with Crippen LogP contribution in [0.4, 0.5) is 10.1 Å². The fourth-order valence-corrected chi connectivity index (χ4v) is 2.74. The highest BCUT2D eigenvalue weighted by atomic mass is 19.1. The number of nitrogens with one attached hydrogen (secondary N) is 1. The van der Waals surface area contributed by atoms with Gasteiger partial charge in [-0.3, -0.25) is 0 Å². The number of methoxy groups -OCH3 is 2. The van der Waals surface area contributed by atoms with E-state index in [0.717, 1.165) is 12.0 Å². The number of carbonyl (C=O) groups excluding carboxylic acids is 1. The summed E-state index contributed by atoms with van der Waals surface area (Å²) in [6.45, 7) is 5.12. The molecule has 2 rings (SSSR count). The lowest BCUT2D eigenvalue weighted by atomic mass is 10.0. The third-order valence-corrected chi connectivity index (χ3v) is 4.32. The first-order valence-electron chi connectivity index (χ1n) is 9.52. The van der Waals surface area contributed by atoms with Gasteiger partial charge in [0.1, 0.15) is 23.7 Å². The van der Waals surface area contributed by atoms with Gasteiger partial charge in [-0.05, 0) is 35.6 Å². The molecule has 0 aromatic heterocycles. The monoisotopic (exact) mass is 401 g/mol. The Kier molecular flexibility index (Phi) is 8.52. The molecule has 6 heteroatoms. The predicted molar refractivity (Wildman–Crippen MR) is 112 cm³/mol. The molecule has 0 bridgehead atoms. The Labute approximate surface area is 171 Å². The summed E-state index contributed by atoms with van der Waals surface area (Å²) < 4.78 is 29.9. The summed E-state index contributed by atoms with van der Waals surface area (Å²) in [5.41, 5.74) is 2.12. The largest absolute Gasteiger partial charge is 0.503 e. The van der Waals surface area contributed by atoms with Crippen molar-refractivity contribution >= 4 is 17.2 Å². The first kappa shape index (κ1) is 22.3. The molecule has 1 N–H and O–H groups in total. The van der Waals surface area contributed by atoms with Crippen molar-refractivity contribution in [2.45, 2.75) is 26.9 Å². The Balaban J connectivity index is 2.11. The van der Waals surface area contributed by atoms with Gasteiger partial charge >= 0.3 is 5.97 Å². The molecule has 0 radical (unpaired) electrons. The zero-order valence-electron chi connectivity index (χ0n) is 17.3. The van der Waals surface area contributed by atoms with Gasteiger partial charge in [0.15, 0.2) is 0 Å². The highest BCUT2D eigenvalue weighted by molar-refractivity contribution is 6.16. The smallest absolute Gasteiger partial charge is 0.341 e. The highest BCUT2D eigenvalue weighted by Gasteiger charge is 2.17. The van der Waals surface area contributed by atoms with E-state index in [4.69, 9.17) is 14.2 Å². The Morgan fingerprint density at radius 1 is 1.17 bits per heavy atom. The zero-order valence-corrected chi connectivity index (χ0v) is 17.3. The molecule has 29 heavy (non-hydrogen) atoms. The van der Waals surface area contributed by atoms with E-state index in [9.17, 15) is 9.18 Å². The van der Waals surface area contributed by atoms with Crippen molar-refractivity contribution in [1.82, 2.24) is 0 Å². The molecule has 0 spiro atoms. The molecule has 0 aliphatic heterocycles. The van der Waals surface area contributed by atoms with E-state index in [1.165, 1.54) is 26.5 Å². The second-order valence-corrected chi connectivity index (χ2v) is 6.96. The number of benzene rings is 2. The van der Waals surface area contributed by atoms with Crippen molar-refractivity contribution < 1.29 is 23.4 Å². The van der Waals surface area contributed by atoms with Gasteiger partial charge in [-0.1, -0.05) is 38.1 Å². The minimum absolute atomic E-state index is 0.161. The van der Waals surface area contributed by atoms with Crippen molar-refractivity contribution in [3.8, 4) is 5.75 Å². The predicted octanol–water partition coefficient (Wildman–Crippen LogP) is 5.02. The molecular formula is C23H28FNO4. The molecule has 0 saturated heterocycles. The highest BCUT2D eigenvalue weighted by Crippen LogP contribution is 2.25. The number of hydrogen-bond donors (Lipinski definition) is 1. The number of carbonyl (C=O) groups is 1. The van der Waals surface area contributed by atoms with Crippen LogP contribution in [0.15, 0.2) is 48.7 Å². The van der Waals surface area contributed by atoms with Crippen molar-refractivity contribution in [2.24, 2.45) is 5.92 Å². The molecule has 0 amide bonds. The van der Waals surface area contributed by atoms with E-state index in [0.29, 0.717) is 29.5 Å². The van der Waals surface area contributed by atoms with Crippen LogP contribution in [0.2, 0.25) is 0 Å². The molecule has 0 saturated carbocycles. The van der Waals surface area contributed by atoms with Gasteiger partial charge in [0.25, 0.3) is 0 Å². The molecule has 0 aliphatic carbocycles. The fourth-order valence-electron chi connectivity index (χ4n) is 2.74. The Bertz CT molecular complexity index is 849. The Morgan fingerprint density at radius 2 is 1.93 bits per heavy atom. The van der Waals surface area contributed by atoms with Crippen LogP contribution in [0.1, 0.15) is 31.4 Å². The third kappa shape index (κ3) is 6.52. The minimum Gasteiger partial charge on any atom is -0.503 e. The van der Waals surface area contributed by atoms with Gasteiger partial charge in [-0.25, -0.2) is 9.18 Å². The second-order valence-electron chi connectivity index (χ2n) is 6.96. The van der Waals surface area contributed by atoms with Gasteiger partial charge in [0.05, 0.1) is 26.2 Å². The van der Waals surface area contributed by atoms with Gasteiger partial charge in [-0.2, -0.15) is 0 Å².